The van der Waals surface area contributed by atoms with E-state index in [4.69, 9.17) is 11.6 Å². The number of carbonyl (C=O) groups is 2. The Kier molecular flexibility index (Phi) is 6.58. The Morgan fingerprint density at radius 1 is 1.04 bits per heavy atom. The van der Waals surface area contributed by atoms with Crippen LogP contribution in [0.2, 0.25) is 5.02 Å². The highest BCUT2D eigenvalue weighted by Crippen LogP contribution is 2.27. The molecule has 1 aliphatic rings. The van der Waals surface area contributed by atoms with E-state index >= 15 is 0 Å². The van der Waals surface area contributed by atoms with E-state index in [-0.39, 0.29) is 11.8 Å². The molecule has 26 heavy (non-hydrogen) atoms. The molecule has 0 bridgehead atoms. The number of amides is 2. The molecule has 2 aromatic carbocycles. The summed E-state index contributed by atoms with van der Waals surface area (Å²) in [4.78, 5) is 27.2. The number of hydrogen-bond donors (Lipinski definition) is 1. The molecule has 1 saturated heterocycles. The molecule has 0 atom stereocenters. The first-order chi connectivity index (χ1) is 12.6. The van der Waals surface area contributed by atoms with Crippen molar-refractivity contribution < 1.29 is 9.59 Å². The summed E-state index contributed by atoms with van der Waals surface area (Å²) in [5, 5.41) is 3.57. The first kappa shape index (κ1) is 18.8. The maximum Gasteiger partial charge on any atom is 0.253 e. The lowest BCUT2D eigenvalue weighted by Crippen LogP contribution is -2.27. The fraction of sp³-hybridized carbons (Fsp3) is 0.300. The summed E-state index contributed by atoms with van der Waals surface area (Å²) in [6.45, 7) is 1.67. The molecule has 1 N–H and O–H groups in total. The lowest BCUT2D eigenvalue weighted by Gasteiger charge is -2.15. The topological polar surface area (TPSA) is 49.4 Å². The lowest BCUT2D eigenvalue weighted by molar-refractivity contribution is -0.115. The maximum atomic E-state index is 12.3. The average molecular weight is 389 g/mol. The highest BCUT2D eigenvalue weighted by atomic mass is 35.5. The molecule has 2 aromatic rings. The molecule has 1 heterocycles. The largest absolute Gasteiger partial charge is 0.339 e. The zero-order chi connectivity index (χ0) is 18.4. The molecular weight excluding hydrogens is 368 g/mol. The molecule has 0 spiro atoms. The van der Waals surface area contributed by atoms with Gasteiger partial charge in [0.1, 0.15) is 0 Å². The van der Waals surface area contributed by atoms with Gasteiger partial charge in [0, 0.05) is 41.4 Å². The van der Waals surface area contributed by atoms with E-state index in [1.54, 1.807) is 36.0 Å². The van der Waals surface area contributed by atoms with Crippen LogP contribution in [0.15, 0.2) is 53.4 Å². The molecule has 2 amide bonds. The zero-order valence-electron chi connectivity index (χ0n) is 14.4. The third kappa shape index (κ3) is 5.02. The molecule has 1 aliphatic heterocycles. The lowest BCUT2D eigenvalue weighted by atomic mass is 10.2. The first-order valence-corrected chi connectivity index (χ1v) is 10.1. The fourth-order valence-electron chi connectivity index (χ4n) is 2.84. The number of rotatable bonds is 6. The minimum atomic E-state index is -0.0526. The van der Waals surface area contributed by atoms with Crippen molar-refractivity contribution in [3.05, 3.63) is 59.1 Å². The second-order valence-corrected chi connectivity index (χ2v) is 7.70. The van der Waals surface area contributed by atoms with Gasteiger partial charge in [-0.3, -0.25) is 9.59 Å². The zero-order valence-corrected chi connectivity index (χ0v) is 16.0. The summed E-state index contributed by atoms with van der Waals surface area (Å²) < 4.78 is 0. The molecule has 0 saturated carbocycles. The number of likely N-dealkylation sites (tertiary alicyclic amines) is 1. The predicted molar refractivity (Wildman–Crippen MR) is 107 cm³/mol. The van der Waals surface area contributed by atoms with E-state index in [1.807, 2.05) is 29.2 Å². The van der Waals surface area contributed by atoms with Gasteiger partial charge < -0.3 is 10.2 Å². The van der Waals surface area contributed by atoms with Gasteiger partial charge in [0.25, 0.3) is 5.91 Å². The van der Waals surface area contributed by atoms with Crippen LogP contribution in [0.3, 0.4) is 0 Å². The third-order valence-corrected chi connectivity index (χ3v) is 5.75. The monoisotopic (exact) mass is 388 g/mol. The molecule has 3 rings (SSSR count). The number of halogens is 1. The number of carbonyl (C=O) groups excluding carboxylic acids is 2. The third-order valence-electron chi connectivity index (χ3n) is 4.23. The Morgan fingerprint density at radius 3 is 2.42 bits per heavy atom. The van der Waals surface area contributed by atoms with E-state index in [0.29, 0.717) is 28.4 Å². The molecule has 0 aromatic heterocycles. The predicted octanol–water partition coefficient (Wildman–Crippen LogP) is 4.70. The quantitative estimate of drug-likeness (QED) is 0.730. The molecule has 0 aliphatic carbocycles. The van der Waals surface area contributed by atoms with Gasteiger partial charge in [0.15, 0.2) is 0 Å². The van der Waals surface area contributed by atoms with Gasteiger partial charge in [-0.25, -0.2) is 0 Å². The van der Waals surface area contributed by atoms with Crippen LogP contribution in [0, 0.1) is 0 Å². The maximum absolute atomic E-state index is 12.3. The molecule has 0 radical (unpaired) electrons. The van der Waals surface area contributed by atoms with Crippen molar-refractivity contribution >= 4 is 40.9 Å². The Hall–Kier alpha value is -1.98. The molecule has 4 nitrogen and oxygen atoms in total. The van der Waals surface area contributed by atoms with Crippen LogP contribution in [0.25, 0.3) is 0 Å². The minimum absolute atomic E-state index is 0.0526. The van der Waals surface area contributed by atoms with Crippen molar-refractivity contribution in [2.45, 2.75) is 24.2 Å². The van der Waals surface area contributed by atoms with Gasteiger partial charge in [-0.1, -0.05) is 23.7 Å². The normalized spacial score (nSPS) is 13.7. The molecule has 1 fully saturated rings. The molecule has 6 heteroatoms. The van der Waals surface area contributed by atoms with E-state index in [0.717, 1.165) is 30.8 Å². The molecule has 0 unspecified atom stereocenters. The Bertz CT molecular complexity index is 774. The van der Waals surface area contributed by atoms with Crippen molar-refractivity contribution in [3.8, 4) is 0 Å². The van der Waals surface area contributed by atoms with Gasteiger partial charge in [-0.2, -0.15) is 0 Å². The van der Waals surface area contributed by atoms with E-state index in [2.05, 4.69) is 5.32 Å². The summed E-state index contributed by atoms with van der Waals surface area (Å²) in [6.07, 6.45) is 2.54. The highest BCUT2D eigenvalue weighted by molar-refractivity contribution is 7.99. The second-order valence-electron chi connectivity index (χ2n) is 6.15. The summed E-state index contributed by atoms with van der Waals surface area (Å²) >= 11 is 7.67. The van der Waals surface area contributed by atoms with Crippen LogP contribution in [0.4, 0.5) is 5.69 Å². The van der Waals surface area contributed by atoms with Crippen molar-refractivity contribution in [3.63, 3.8) is 0 Å². The molecule has 136 valence electrons. The number of benzene rings is 2. The van der Waals surface area contributed by atoms with Crippen molar-refractivity contribution in [2.24, 2.45) is 0 Å². The Balaban J connectivity index is 1.47. The first-order valence-electron chi connectivity index (χ1n) is 8.70. The summed E-state index contributed by atoms with van der Waals surface area (Å²) in [6, 6.07) is 14.7. The molecular formula is C20H21ClN2O2S. The van der Waals surface area contributed by atoms with E-state index in [1.165, 1.54) is 0 Å². The van der Waals surface area contributed by atoms with Crippen LogP contribution in [0.5, 0.6) is 0 Å². The van der Waals surface area contributed by atoms with Crippen molar-refractivity contribution in [1.29, 1.82) is 0 Å². The minimum Gasteiger partial charge on any atom is -0.339 e. The van der Waals surface area contributed by atoms with Crippen LogP contribution in [0.1, 0.15) is 29.6 Å². The van der Waals surface area contributed by atoms with Gasteiger partial charge in [0.05, 0.1) is 5.02 Å². The number of thioether (sulfide) groups is 1. The summed E-state index contributed by atoms with van der Waals surface area (Å²) in [7, 11) is 0. The van der Waals surface area contributed by atoms with Crippen molar-refractivity contribution in [1.82, 2.24) is 4.90 Å². The number of hydrogen-bond acceptors (Lipinski definition) is 3. The summed E-state index contributed by atoms with van der Waals surface area (Å²) in [5.41, 5.74) is 1.37. The standard InChI is InChI=1S/C20H21ClN2O2S/c21-17-5-1-2-6-18(17)26-14-11-19(24)22-16-9-7-15(8-10-16)20(25)23-12-3-4-13-23/h1-2,5-10H,3-4,11-14H2,(H,22,24). The van der Waals surface area contributed by atoms with Crippen LogP contribution >= 0.6 is 23.4 Å². The van der Waals surface area contributed by atoms with Gasteiger partial charge in [-0.05, 0) is 49.2 Å². The fourth-order valence-corrected chi connectivity index (χ4v) is 4.03. The van der Waals surface area contributed by atoms with Crippen LogP contribution in [-0.2, 0) is 4.79 Å². The van der Waals surface area contributed by atoms with Crippen LogP contribution < -0.4 is 5.32 Å². The van der Waals surface area contributed by atoms with E-state index in [9.17, 15) is 9.59 Å². The average Bonchev–Trinajstić information content (AvgIpc) is 3.18. The van der Waals surface area contributed by atoms with Crippen LogP contribution in [-0.4, -0.2) is 35.6 Å². The van der Waals surface area contributed by atoms with E-state index < -0.39 is 0 Å². The number of nitrogens with one attached hydrogen (secondary N) is 1. The Morgan fingerprint density at radius 2 is 1.73 bits per heavy atom. The second kappa shape index (κ2) is 9.10. The summed E-state index contributed by atoms with van der Waals surface area (Å²) in [5.74, 6) is 0.667. The van der Waals surface area contributed by atoms with Gasteiger partial charge in [-0.15, -0.1) is 11.8 Å². The van der Waals surface area contributed by atoms with Gasteiger partial charge >= 0.3 is 0 Å². The highest BCUT2D eigenvalue weighted by Gasteiger charge is 2.19. The Labute approximate surface area is 162 Å². The van der Waals surface area contributed by atoms with Crippen molar-refractivity contribution in [2.75, 3.05) is 24.2 Å². The number of anilines is 1. The van der Waals surface area contributed by atoms with Gasteiger partial charge in [0.2, 0.25) is 5.91 Å². The SMILES string of the molecule is O=C(CCSc1ccccc1Cl)Nc1ccc(C(=O)N2CCCC2)cc1. The number of nitrogens with zero attached hydrogens (tertiary/aromatic N) is 1. The smallest absolute Gasteiger partial charge is 0.253 e.